The number of nitrogens with zero attached hydrogens (tertiary/aromatic N) is 1. The van der Waals surface area contributed by atoms with Crippen molar-refractivity contribution in [2.75, 3.05) is 6.26 Å². The van der Waals surface area contributed by atoms with E-state index in [1.165, 1.54) is 11.1 Å². The first-order valence-electron chi connectivity index (χ1n) is 6.57. The Balaban J connectivity index is 1.98. The molecule has 0 aliphatic rings. The van der Waals surface area contributed by atoms with Gasteiger partial charge in [-0.05, 0) is 41.2 Å². The molecule has 2 nitrogen and oxygen atoms in total. The summed E-state index contributed by atoms with van der Waals surface area (Å²) in [6.45, 7) is 0. The van der Waals surface area contributed by atoms with E-state index in [2.05, 4.69) is 46.4 Å². The highest BCUT2D eigenvalue weighted by atomic mass is 32.2. The molecule has 0 saturated carbocycles. The summed E-state index contributed by atoms with van der Waals surface area (Å²) in [7, 11) is 0. The van der Waals surface area contributed by atoms with Crippen molar-refractivity contribution in [3.8, 4) is 22.4 Å². The Morgan fingerprint density at radius 3 is 2.19 bits per heavy atom. The van der Waals surface area contributed by atoms with Crippen molar-refractivity contribution in [3.05, 3.63) is 65.4 Å². The third-order valence-corrected chi connectivity index (χ3v) is 4.05. The quantitative estimate of drug-likeness (QED) is 0.410. The van der Waals surface area contributed by atoms with Gasteiger partial charge in [-0.2, -0.15) is 0 Å². The Morgan fingerprint density at radius 2 is 1.52 bits per heavy atom. The molecular formula is C17H14N2S2. The Hall–Kier alpha value is -1.91. The summed E-state index contributed by atoms with van der Waals surface area (Å²) < 4.78 is 0.518. The van der Waals surface area contributed by atoms with Gasteiger partial charge in [0.25, 0.3) is 0 Å². The average Bonchev–Trinajstić information content (AvgIpc) is 2.55. The minimum Gasteiger partial charge on any atom is -0.330 e. The molecule has 104 valence electrons. The van der Waals surface area contributed by atoms with E-state index in [0.717, 1.165) is 16.3 Å². The van der Waals surface area contributed by atoms with E-state index in [1.54, 1.807) is 11.8 Å². The summed E-state index contributed by atoms with van der Waals surface area (Å²) in [4.78, 5) is 7.41. The molecule has 1 N–H and O–H groups in total. The van der Waals surface area contributed by atoms with Crippen molar-refractivity contribution in [3.63, 3.8) is 0 Å². The predicted molar refractivity (Wildman–Crippen MR) is 92.1 cm³/mol. The van der Waals surface area contributed by atoms with E-state index in [4.69, 9.17) is 12.2 Å². The van der Waals surface area contributed by atoms with E-state index in [1.807, 2.05) is 30.5 Å². The molecular weight excluding hydrogens is 296 g/mol. The molecule has 3 rings (SSSR count). The smallest absolute Gasteiger partial charge is 0.198 e. The zero-order chi connectivity index (χ0) is 14.7. The maximum atomic E-state index is 5.18. The Morgan fingerprint density at radius 1 is 0.905 bits per heavy atom. The summed E-state index contributed by atoms with van der Waals surface area (Å²) in [5.74, 6) is 0. The number of rotatable bonds is 3. The number of hydrogen-bond donors (Lipinski definition) is 1. The third kappa shape index (κ3) is 3.23. The number of H-pyrrole nitrogens is 1. The first kappa shape index (κ1) is 14.0. The van der Waals surface area contributed by atoms with E-state index >= 15 is 0 Å². The van der Waals surface area contributed by atoms with Crippen LogP contribution in [0.15, 0.2) is 65.7 Å². The number of nitrogens with one attached hydrogen (secondary N) is 1. The minimum absolute atomic E-state index is 0.518. The highest BCUT2D eigenvalue weighted by Crippen LogP contribution is 2.25. The van der Waals surface area contributed by atoms with E-state index < -0.39 is 0 Å². The standard InChI is InChI=1S/C17H14N2S2/c1-21-16-11-15(18-17(20)19-16)14-9-7-13(8-10-14)12-5-3-2-4-6-12/h2-11H,1H3,(H,18,19,20). The van der Waals surface area contributed by atoms with Crippen LogP contribution in [-0.4, -0.2) is 16.2 Å². The van der Waals surface area contributed by atoms with E-state index in [-0.39, 0.29) is 0 Å². The second-order valence-electron chi connectivity index (χ2n) is 4.59. The molecule has 0 bridgehead atoms. The van der Waals surface area contributed by atoms with Crippen LogP contribution in [0.4, 0.5) is 0 Å². The summed E-state index contributed by atoms with van der Waals surface area (Å²) in [5, 5.41) is 0.931. The molecule has 0 radical (unpaired) electrons. The van der Waals surface area contributed by atoms with Gasteiger partial charge in [-0.25, -0.2) is 4.98 Å². The summed E-state index contributed by atoms with van der Waals surface area (Å²) in [6.07, 6.45) is 2.00. The average molecular weight is 310 g/mol. The summed E-state index contributed by atoms with van der Waals surface area (Å²) >= 11 is 6.77. The number of aromatic nitrogens is 2. The molecule has 1 aromatic heterocycles. The maximum Gasteiger partial charge on any atom is 0.198 e. The zero-order valence-electron chi connectivity index (χ0n) is 11.5. The van der Waals surface area contributed by atoms with Gasteiger partial charge in [0.15, 0.2) is 4.77 Å². The monoisotopic (exact) mass is 310 g/mol. The predicted octanol–water partition coefficient (Wildman–Crippen LogP) is 5.20. The number of hydrogen-bond acceptors (Lipinski definition) is 3. The third-order valence-electron chi connectivity index (χ3n) is 3.23. The fraction of sp³-hybridized carbons (Fsp3) is 0.0588. The first-order valence-corrected chi connectivity index (χ1v) is 8.21. The van der Waals surface area contributed by atoms with Crippen LogP contribution >= 0.6 is 24.0 Å². The van der Waals surface area contributed by atoms with Gasteiger partial charge in [0.2, 0.25) is 0 Å². The SMILES string of the molecule is CSc1cc(-c2ccc(-c3ccccc3)cc2)[nH]c(=S)n1. The molecule has 0 aliphatic heterocycles. The van der Waals surface area contributed by atoms with Crippen LogP contribution in [0.5, 0.6) is 0 Å². The first-order chi connectivity index (χ1) is 10.3. The van der Waals surface area contributed by atoms with E-state index in [9.17, 15) is 0 Å². The van der Waals surface area contributed by atoms with Crippen LogP contribution in [0.1, 0.15) is 0 Å². The highest BCUT2D eigenvalue weighted by Gasteiger charge is 2.03. The van der Waals surface area contributed by atoms with Crippen molar-refractivity contribution in [2.24, 2.45) is 0 Å². The second-order valence-corrected chi connectivity index (χ2v) is 5.80. The van der Waals surface area contributed by atoms with Gasteiger partial charge in [0.1, 0.15) is 5.03 Å². The molecule has 0 amide bonds. The van der Waals surface area contributed by atoms with Crippen LogP contribution in [0.2, 0.25) is 0 Å². The van der Waals surface area contributed by atoms with Crippen molar-refractivity contribution >= 4 is 24.0 Å². The fourth-order valence-corrected chi connectivity index (χ4v) is 2.85. The molecule has 3 aromatic rings. The highest BCUT2D eigenvalue weighted by molar-refractivity contribution is 7.98. The lowest BCUT2D eigenvalue weighted by atomic mass is 10.0. The Kier molecular flexibility index (Phi) is 4.18. The molecule has 0 spiro atoms. The number of thioether (sulfide) groups is 1. The van der Waals surface area contributed by atoms with Crippen molar-refractivity contribution in [1.82, 2.24) is 9.97 Å². The van der Waals surface area contributed by atoms with Gasteiger partial charge in [0.05, 0.1) is 5.69 Å². The van der Waals surface area contributed by atoms with Gasteiger partial charge in [-0.15, -0.1) is 11.8 Å². The molecule has 0 aliphatic carbocycles. The molecule has 4 heteroatoms. The Labute approximate surface area is 133 Å². The van der Waals surface area contributed by atoms with Gasteiger partial charge in [-0.3, -0.25) is 0 Å². The lowest BCUT2D eigenvalue weighted by Gasteiger charge is -2.06. The van der Waals surface area contributed by atoms with Crippen LogP contribution in [-0.2, 0) is 0 Å². The van der Waals surface area contributed by atoms with Crippen LogP contribution in [0.25, 0.3) is 22.4 Å². The largest absolute Gasteiger partial charge is 0.330 e. The topological polar surface area (TPSA) is 28.7 Å². The van der Waals surface area contributed by atoms with Crippen LogP contribution in [0.3, 0.4) is 0 Å². The molecule has 0 unspecified atom stereocenters. The molecule has 0 saturated heterocycles. The minimum atomic E-state index is 0.518. The van der Waals surface area contributed by atoms with Crippen molar-refractivity contribution in [1.29, 1.82) is 0 Å². The normalized spacial score (nSPS) is 10.5. The maximum absolute atomic E-state index is 5.18. The molecule has 2 aromatic carbocycles. The van der Waals surface area contributed by atoms with Crippen molar-refractivity contribution in [2.45, 2.75) is 5.03 Å². The lowest BCUT2D eigenvalue weighted by molar-refractivity contribution is 1.03. The Bertz CT molecular complexity index is 793. The molecule has 0 atom stereocenters. The summed E-state index contributed by atoms with van der Waals surface area (Å²) in [5.41, 5.74) is 4.53. The number of aromatic amines is 1. The van der Waals surface area contributed by atoms with Gasteiger partial charge in [-0.1, -0.05) is 54.6 Å². The second kappa shape index (κ2) is 6.24. The zero-order valence-corrected chi connectivity index (χ0v) is 13.2. The van der Waals surface area contributed by atoms with Gasteiger partial charge < -0.3 is 4.98 Å². The molecule has 0 fully saturated rings. The summed E-state index contributed by atoms with van der Waals surface area (Å²) in [6, 6.07) is 20.8. The fourth-order valence-electron chi connectivity index (χ4n) is 2.17. The number of benzene rings is 2. The van der Waals surface area contributed by atoms with Gasteiger partial charge in [0, 0.05) is 0 Å². The van der Waals surface area contributed by atoms with Gasteiger partial charge >= 0.3 is 0 Å². The lowest BCUT2D eigenvalue weighted by Crippen LogP contribution is -1.89. The van der Waals surface area contributed by atoms with Crippen LogP contribution in [0, 0.1) is 4.77 Å². The molecule has 1 heterocycles. The van der Waals surface area contributed by atoms with Crippen LogP contribution < -0.4 is 0 Å². The molecule has 21 heavy (non-hydrogen) atoms. The van der Waals surface area contributed by atoms with E-state index in [0.29, 0.717) is 4.77 Å². The van der Waals surface area contributed by atoms with Crippen molar-refractivity contribution < 1.29 is 0 Å².